The van der Waals surface area contributed by atoms with Gasteiger partial charge in [-0.05, 0) is 38.1 Å². The van der Waals surface area contributed by atoms with E-state index in [4.69, 9.17) is 4.74 Å². The van der Waals surface area contributed by atoms with E-state index in [1.165, 1.54) is 11.3 Å². The molecule has 0 saturated carbocycles. The molecule has 1 aromatic heterocycles. The van der Waals surface area contributed by atoms with Gasteiger partial charge in [0.2, 0.25) is 11.8 Å². The molecule has 24 heavy (non-hydrogen) atoms. The van der Waals surface area contributed by atoms with Gasteiger partial charge >= 0.3 is 0 Å². The smallest absolute Gasteiger partial charge is 0.239 e. The Balaban J connectivity index is 1.90. The first-order valence-electron chi connectivity index (χ1n) is 7.83. The third kappa shape index (κ3) is 5.34. The number of rotatable bonds is 8. The van der Waals surface area contributed by atoms with Crippen molar-refractivity contribution in [3.63, 3.8) is 0 Å². The van der Waals surface area contributed by atoms with Crippen molar-refractivity contribution in [1.29, 1.82) is 0 Å². The van der Waals surface area contributed by atoms with Gasteiger partial charge in [-0.15, -0.1) is 11.3 Å². The molecule has 0 aliphatic rings. The summed E-state index contributed by atoms with van der Waals surface area (Å²) in [5, 5.41) is 7.92. The Morgan fingerprint density at radius 2 is 1.88 bits per heavy atom. The third-order valence-corrected chi connectivity index (χ3v) is 4.07. The zero-order chi connectivity index (χ0) is 17.4. The summed E-state index contributed by atoms with van der Waals surface area (Å²) in [4.78, 5) is 27.6. The molecule has 0 radical (unpaired) electrons. The maximum Gasteiger partial charge on any atom is 0.239 e. The highest BCUT2D eigenvalue weighted by atomic mass is 32.1. The highest BCUT2D eigenvalue weighted by molar-refractivity contribution is 7.13. The molecule has 0 aliphatic heterocycles. The van der Waals surface area contributed by atoms with Crippen LogP contribution in [-0.4, -0.2) is 36.5 Å². The molecule has 6 nitrogen and oxygen atoms in total. The van der Waals surface area contributed by atoms with E-state index in [0.717, 1.165) is 16.3 Å². The van der Waals surface area contributed by atoms with E-state index in [9.17, 15) is 9.59 Å². The number of ether oxygens (including phenoxy) is 1. The molecule has 2 amide bonds. The molecule has 2 N–H and O–H groups in total. The molecular formula is C17H21N3O3S. The minimum absolute atomic E-state index is 0.0114. The molecule has 2 rings (SSSR count). The predicted molar refractivity (Wildman–Crippen MR) is 94.1 cm³/mol. The number of nitrogens with zero attached hydrogens (tertiary/aromatic N) is 1. The largest absolute Gasteiger partial charge is 0.494 e. The van der Waals surface area contributed by atoms with E-state index >= 15 is 0 Å². The zero-order valence-electron chi connectivity index (χ0n) is 13.8. The van der Waals surface area contributed by atoms with Gasteiger partial charge in [0.25, 0.3) is 0 Å². The molecule has 0 atom stereocenters. The average Bonchev–Trinajstić information content (AvgIpc) is 3.03. The Morgan fingerprint density at radius 3 is 2.54 bits per heavy atom. The molecule has 1 heterocycles. The van der Waals surface area contributed by atoms with Gasteiger partial charge in [-0.25, -0.2) is 4.98 Å². The van der Waals surface area contributed by atoms with Crippen molar-refractivity contribution in [3.8, 4) is 16.3 Å². The topological polar surface area (TPSA) is 80.3 Å². The van der Waals surface area contributed by atoms with Crippen LogP contribution in [0, 0.1) is 0 Å². The van der Waals surface area contributed by atoms with E-state index < -0.39 is 0 Å². The first-order valence-corrected chi connectivity index (χ1v) is 8.71. The van der Waals surface area contributed by atoms with Crippen molar-refractivity contribution in [1.82, 2.24) is 15.6 Å². The van der Waals surface area contributed by atoms with Gasteiger partial charge in [-0.3, -0.25) is 9.59 Å². The van der Waals surface area contributed by atoms with Gasteiger partial charge in [0.05, 0.1) is 25.3 Å². The molecule has 0 aliphatic carbocycles. The van der Waals surface area contributed by atoms with Gasteiger partial charge in [0.15, 0.2) is 0 Å². The number of thiazole rings is 1. The molecule has 0 fully saturated rings. The normalized spacial score (nSPS) is 10.2. The third-order valence-electron chi connectivity index (χ3n) is 3.13. The first-order chi connectivity index (χ1) is 11.6. The van der Waals surface area contributed by atoms with Crippen LogP contribution in [0.1, 0.15) is 19.5 Å². The van der Waals surface area contributed by atoms with Crippen molar-refractivity contribution < 1.29 is 14.3 Å². The molecule has 1 aromatic carbocycles. The van der Waals surface area contributed by atoms with Crippen LogP contribution in [0.4, 0.5) is 0 Å². The van der Waals surface area contributed by atoms with Crippen molar-refractivity contribution >= 4 is 23.2 Å². The molecule has 0 bridgehead atoms. The summed E-state index contributed by atoms with van der Waals surface area (Å²) in [6.45, 7) is 4.94. The summed E-state index contributed by atoms with van der Waals surface area (Å²) in [6.07, 6.45) is 0.160. The maximum atomic E-state index is 11.8. The van der Waals surface area contributed by atoms with E-state index in [1.807, 2.05) is 43.5 Å². The van der Waals surface area contributed by atoms with Crippen molar-refractivity contribution in [2.75, 3.05) is 19.7 Å². The standard InChI is InChI=1S/C17H21N3O3S/c1-3-18-16(22)10-19-15(21)9-13-11-24-17(20-13)12-5-7-14(8-6-12)23-4-2/h5-8,11H,3-4,9-10H2,1-2H3,(H,18,22)(H,19,21). The van der Waals surface area contributed by atoms with E-state index in [2.05, 4.69) is 15.6 Å². The first kappa shape index (κ1) is 17.9. The summed E-state index contributed by atoms with van der Waals surface area (Å²) in [5.74, 6) is 0.409. The molecule has 0 unspecified atom stereocenters. The number of hydrogen-bond acceptors (Lipinski definition) is 5. The van der Waals surface area contributed by atoms with E-state index in [0.29, 0.717) is 18.8 Å². The van der Waals surface area contributed by atoms with Gasteiger partial charge in [0, 0.05) is 17.5 Å². The van der Waals surface area contributed by atoms with Crippen molar-refractivity contribution in [3.05, 3.63) is 35.3 Å². The second-order valence-corrected chi connectivity index (χ2v) is 5.87. The Hall–Kier alpha value is -2.41. The number of likely N-dealkylation sites (N-methyl/N-ethyl adjacent to an activating group) is 1. The Bertz CT molecular complexity index is 683. The second-order valence-electron chi connectivity index (χ2n) is 5.01. The minimum Gasteiger partial charge on any atom is -0.494 e. The highest BCUT2D eigenvalue weighted by Gasteiger charge is 2.10. The van der Waals surface area contributed by atoms with Crippen LogP contribution in [0.15, 0.2) is 29.6 Å². The molecule has 7 heteroatoms. The monoisotopic (exact) mass is 347 g/mol. The molecule has 2 aromatic rings. The van der Waals surface area contributed by atoms with Gasteiger partial charge < -0.3 is 15.4 Å². The fourth-order valence-corrected chi connectivity index (χ4v) is 2.87. The number of amides is 2. The number of benzene rings is 1. The van der Waals surface area contributed by atoms with Gasteiger partial charge in [-0.2, -0.15) is 0 Å². The van der Waals surface area contributed by atoms with E-state index in [-0.39, 0.29) is 24.8 Å². The lowest BCUT2D eigenvalue weighted by Crippen LogP contribution is -2.37. The SMILES string of the molecule is CCNC(=O)CNC(=O)Cc1csc(-c2ccc(OCC)cc2)n1. The highest BCUT2D eigenvalue weighted by Crippen LogP contribution is 2.25. The predicted octanol–water partition coefficient (Wildman–Crippen LogP) is 2.00. The van der Waals surface area contributed by atoms with E-state index in [1.54, 1.807) is 0 Å². The van der Waals surface area contributed by atoms with Gasteiger partial charge in [0.1, 0.15) is 10.8 Å². The summed E-state index contributed by atoms with van der Waals surface area (Å²) in [7, 11) is 0. The van der Waals surface area contributed by atoms with Crippen LogP contribution < -0.4 is 15.4 Å². The fourth-order valence-electron chi connectivity index (χ4n) is 2.05. The summed E-state index contributed by atoms with van der Waals surface area (Å²) >= 11 is 1.49. The molecule has 128 valence electrons. The lowest BCUT2D eigenvalue weighted by molar-refractivity contribution is -0.125. The maximum absolute atomic E-state index is 11.8. The van der Waals surface area contributed by atoms with Crippen LogP contribution >= 0.6 is 11.3 Å². The fraction of sp³-hybridized carbons (Fsp3) is 0.353. The molecule has 0 saturated heterocycles. The summed E-state index contributed by atoms with van der Waals surface area (Å²) in [6, 6.07) is 7.70. The average molecular weight is 347 g/mol. The van der Waals surface area contributed by atoms with Crippen LogP contribution in [0.3, 0.4) is 0 Å². The molecular weight excluding hydrogens is 326 g/mol. The molecule has 0 spiro atoms. The van der Waals surface area contributed by atoms with Crippen molar-refractivity contribution in [2.45, 2.75) is 20.3 Å². The Kier molecular flexibility index (Phi) is 6.74. The van der Waals surface area contributed by atoms with Gasteiger partial charge in [-0.1, -0.05) is 0 Å². The number of aromatic nitrogens is 1. The van der Waals surface area contributed by atoms with Crippen molar-refractivity contribution in [2.24, 2.45) is 0 Å². The summed E-state index contributed by atoms with van der Waals surface area (Å²) < 4.78 is 5.42. The number of carbonyl (C=O) groups excluding carboxylic acids is 2. The minimum atomic E-state index is -0.218. The summed E-state index contributed by atoms with van der Waals surface area (Å²) in [5.41, 5.74) is 1.68. The Labute approximate surface area is 145 Å². The van der Waals surface area contributed by atoms with Crippen LogP contribution in [-0.2, 0) is 16.0 Å². The number of nitrogens with one attached hydrogen (secondary N) is 2. The lowest BCUT2D eigenvalue weighted by Gasteiger charge is -2.04. The number of carbonyl (C=O) groups is 2. The second kappa shape index (κ2) is 9.02. The van der Waals surface area contributed by atoms with Crippen LogP contribution in [0.5, 0.6) is 5.75 Å². The quantitative estimate of drug-likeness (QED) is 0.765. The van der Waals surface area contributed by atoms with Crippen LogP contribution in [0.25, 0.3) is 10.6 Å². The Morgan fingerprint density at radius 1 is 1.12 bits per heavy atom. The van der Waals surface area contributed by atoms with Crippen LogP contribution in [0.2, 0.25) is 0 Å². The lowest BCUT2D eigenvalue weighted by atomic mass is 10.2. The zero-order valence-corrected chi connectivity index (χ0v) is 14.6. The number of hydrogen-bond donors (Lipinski definition) is 2.